The minimum Gasteiger partial charge on any atom is -0.491 e. The molecule has 0 saturated carbocycles. The Kier molecular flexibility index (Phi) is 4.97. The molecule has 5 nitrogen and oxygen atoms in total. The van der Waals surface area contributed by atoms with E-state index in [-0.39, 0.29) is 5.70 Å². The average Bonchev–Trinajstić information content (AvgIpc) is 2.85. The van der Waals surface area contributed by atoms with Crippen LogP contribution in [0, 0.1) is 0 Å². The zero-order valence-electron chi connectivity index (χ0n) is 13.3. The number of hydrogen-bond acceptors (Lipinski definition) is 3. The van der Waals surface area contributed by atoms with Crippen molar-refractivity contribution in [2.75, 3.05) is 11.5 Å². The number of nitrogens with zero attached hydrogens (tertiary/aromatic N) is 1. The van der Waals surface area contributed by atoms with Crippen molar-refractivity contribution in [3.05, 3.63) is 63.8 Å². The number of amides is 3. The molecule has 2 aromatic rings. The molecule has 0 spiro atoms. The highest BCUT2D eigenvalue weighted by Crippen LogP contribution is 2.35. The molecule has 3 rings (SSSR count). The van der Waals surface area contributed by atoms with Crippen molar-refractivity contribution in [3.8, 4) is 5.75 Å². The Hall–Kier alpha value is -2.50. The average molecular weight is 377 g/mol. The lowest BCUT2D eigenvalue weighted by Crippen LogP contribution is -2.30. The number of para-hydroxylation sites is 1. The number of imide groups is 1. The van der Waals surface area contributed by atoms with Gasteiger partial charge in [0.15, 0.2) is 5.75 Å². The van der Waals surface area contributed by atoms with Crippen molar-refractivity contribution in [3.63, 3.8) is 0 Å². The Morgan fingerprint density at radius 3 is 2.36 bits per heavy atom. The summed E-state index contributed by atoms with van der Waals surface area (Å²) in [6, 6.07) is 11.4. The highest BCUT2D eigenvalue weighted by Gasteiger charge is 2.34. The summed E-state index contributed by atoms with van der Waals surface area (Å²) in [6.45, 7) is 2.26. The highest BCUT2D eigenvalue weighted by molar-refractivity contribution is 6.37. The number of benzene rings is 2. The van der Waals surface area contributed by atoms with Crippen LogP contribution in [0.25, 0.3) is 6.08 Å². The lowest BCUT2D eigenvalue weighted by atomic mass is 10.1. The van der Waals surface area contributed by atoms with Crippen LogP contribution in [0.5, 0.6) is 5.75 Å². The molecule has 7 heteroatoms. The zero-order chi connectivity index (χ0) is 18.0. The van der Waals surface area contributed by atoms with Gasteiger partial charge in [-0.25, -0.2) is 9.69 Å². The highest BCUT2D eigenvalue weighted by atomic mass is 35.5. The number of halogens is 2. The van der Waals surface area contributed by atoms with Crippen LogP contribution in [-0.4, -0.2) is 18.5 Å². The van der Waals surface area contributed by atoms with Crippen molar-refractivity contribution in [1.29, 1.82) is 0 Å². The van der Waals surface area contributed by atoms with E-state index in [9.17, 15) is 9.59 Å². The SMILES string of the molecule is CCOc1c(Cl)cc(/C=C2/NC(=O)N(c3ccccc3)C2=O)cc1Cl. The number of carbonyl (C=O) groups is 2. The maximum absolute atomic E-state index is 12.5. The van der Waals surface area contributed by atoms with Gasteiger partial charge in [0.2, 0.25) is 0 Å². The third kappa shape index (κ3) is 3.48. The summed E-state index contributed by atoms with van der Waals surface area (Å²) in [7, 11) is 0. The van der Waals surface area contributed by atoms with E-state index in [2.05, 4.69) is 5.32 Å². The van der Waals surface area contributed by atoms with Gasteiger partial charge in [0.05, 0.1) is 22.3 Å². The first kappa shape index (κ1) is 17.3. The molecule has 0 radical (unpaired) electrons. The first-order valence-corrected chi connectivity index (χ1v) is 8.31. The molecule has 1 aliphatic rings. The molecule has 1 aliphatic heterocycles. The summed E-state index contributed by atoms with van der Waals surface area (Å²) in [5.74, 6) is -0.0574. The number of nitrogens with one attached hydrogen (secondary N) is 1. The normalized spacial score (nSPS) is 15.6. The first-order chi connectivity index (χ1) is 12.0. The number of carbonyl (C=O) groups excluding carboxylic acids is 2. The minimum atomic E-state index is -0.509. The summed E-state index contributed by atoms with van der Waals surface area (Å²) in [5.41, 5.74) is 1.22. The maximum Gasteiger partial charge on any atom is 0.333 e. The standard InChI is InChI=1S/C18H14Cl2N2O3/c1-2-25-16-13(19)8-11(9-14(16)20)10-15-17(23)22(18(24)21-15)12-6-4-3-5-7-12/h3-10H,2H2,1H3,(H,21,24)/b15-10+. The van der Waals surface area contributed by atoms with Gasteiger partial charge in [-0.05, 0) is 42.8 Å². The predicted molar refractivity (Wildman–Crippen MR) is 98.1 cm³/mol. The molecule has 3 amide bonds. The van der Waals surface area contributed by atoms with Gasteiger partial charge in [-0.3, -0.25) is 4.79 Å². The molecule has 128 valence electrons. The van der Waals surface area contributed by atoms with Crippen LogP contribution in [0.2, 0.25) is 10.0 Å². The third-order valence-electron chi connectivity index (χ3n) is 3.51. The van der Waals surface area contributed by atoms with Crippen LogP contribution in [0.4, 0.5) is 10.5 Å². The minimum absolute atomic E-state index is 0.144. The van der Waals surface area contributed by atoms with Gasteiger partial charge in [0.1, 0.15) is 5.70 Å². The Balaban J connectivity index is 1.93. The van der Waals surface area contributed by atoms with E-state index >= 15 is 0 Å². The number of anilines is 1. The lowest BCUT2D eigenvalue weighted by molar-refractivity contribution is -0.113. The molecule has 0 unspecified atom stereocenters. The van der Waals surface area contributed by atoms with Crippen molar-refractivity contribution in [2.24, 2.45) is 0 Å². The Bertz CT molecular complexity index is 843. The molecule has 2 aromatic carbocycles. The Labute approximate surface area is 154 Å². The number of ether oxygens (including phenoxy) is 1. The van der Waals surface area contributed by atoms with Crippen molar-refractivity contribution < 1.29 is 14.3 Å². The second-order valence-electron chi connectivity index (χ2n) is 5.21. The number of urea groups is 1. The largest absolute Gasteiger partial charge is 0.491 e. The van der Waals surface area contributed by atoms with E-state index in [0.29, 0.717) is 33.7 Å². The smallest absolute Gasteiger partial charge is 0.333 e. The van der Waals surface area contributed by atoms with Gasteiger partial charge in [0.25, 0.3) is 5.91 Å². The first-order valence-electron chi connectivity index (χ1n) is 7.55. The van der Waals surface area contributed by atoms with E-state index < -0.39 is 11.9 Å². The molecular formula is C18H14Cl2N2O3. The molecule has 0 aliphatic carbocycles. The molecule has 1 fully saturated rings. The molecular weight excluding hydrogens is 363 g/mol. The molecule has 1 heterocycles. The fourth-order valence-corrected chi connectivity index (χ4v) is 3.07. The second kappa shape index (κ2) is 7.17. The zero-order valence-corrected chi connectivity index (χ0v) is 14.8. The molecule has 1 saturated heterocycles. The van der Waals surface area contributed by atoms with E-state index in [1.807, 2.05) is 13.0 Å². The monoisotopic (exact) mass is 376 g/mol. The molecule has 1 N–H and O–H groups in total. The van der Waals surface area contributed by atoms with Crippen LogP contribution in [0.15, 0.2) is 48.2 Å². The number of rotatable bonds is 4. The fraction of sp³-hybridized carbons (Fsp3) is 0.111. The van der Waals surface area contributed by atoms with Crippen LogP contribution >= 0.6 is 23.2 Å². The van der Waals surface area contributed by atoms with E-state index in [1.54, 1.807) is 36.4 Å². The van der Waals surface area contributed by atoms with Crippen molar-refractivity contribution in [1.82, 2.24) is 5.32 Å². The van der Waals surface area contributed by atoms with Gasteiger partial charge in [0, 0.05) is 0 Å². The van der Waals surface area contributed by atoms with Gasteiger partial charge in [-0.1, -0.05) is 41.4 Å². The summed E-state index contributed by atoms with van der Waals surface area (Å²) in [6.07, 6.45) is 1.52. The van der Waals surface area contributed by atoms with Crippen molar-refractivity contribution >= 4 is 46.9 Å². The number of hydrogen-bond donors (Lipinski definition) is 1. The van der Waals surface area contributed by atoms with E-state index in [0.717, 1.165) is 4.90 Å². The van der Waals surface area contributed by atoms with Crippen molar-refractivity contribution in [2.45, 2.75) is 6.92 Å². The van der Waals surface area contributed by atoms with Gasteiger partial charge >= 0.3 is 6.03 Å². The lowest BCUT2D eigenvalue weighted by Gasteiger charge is -2.11. The van der Waals surface area contributed by atoms with Crippen LogP contribution in [0.3, 0.4) is 0 Å². The second-order valence-corrected chi connectivity index (χ2v) is 6.03. The summed E-state index contributed by atoms with van der Waals surface area (Å²) in [4.78, 5) is 25.8. The maximum atomic E-state index is 12.5. The molecule has 25 heavy (non-hydrogen) atoms. The van der Waals surface area contributed by atoms with Gasteiger partial charge in [-0.15, -0.1) is 0 Å². The summed E-state index contributed by atoms with van der Waals surface area (Å²) < 4.78 is 5.38. The van der Waals surface area contributed by atoms with Crippen LogP contribution < -0.4 is 15.0 Å². The Morgan fingerprint density at radius 1 is 1.12 bits per heavy atom. The van der Waals surface area contributed by atoms with Gasteiger partial charge in [-0.2, -0.15) is 0 Å². The summed E-state index contributed by atoms with van der Waals surface area (Å²) in [5, 5.41) is 3.22. The van der Waals surface area contributed by atoms with E-state index in [1.165, 1.54) is 6.08 Å². The van der Waals surface area contributed by atoms with Crippen LogP contribution in [0.1, 0.15) is 12.5 Å². The molecule has 0 aromatic heterocycles. The molecule has 0 bridgehead atoms. The van der Waals surface area contributed by atoms with E-state index in [4.69, 9.17) is 27.9 Å². The predicted octanol–water partition coefficient (Wildman–Crippen LogP) is 4.49. The topological polar surface area (TPSA) is 58.6 Å². The third-order valence-corrected chi connectivity index (χ3v) is 4.07. The quantitative estimate of drug-likeness (QED) is 0.631. The fourth-order valence-electron chi connectivity index (χ4n) is 2.46. The molecule has 0 atom stereocenters. The summed E-state index contributed by atoms with van der Waals surface area (Å²) >= 11 is 12.3. The van der Waals surface area contributed by atoms with Crippen LogP contribution in [-0.2, 0) is 4.79 Å². The van der Waals surface area contributed by atoms with Gasteiger partial charge < -0.3 is 10.1 Å². The Morgan fingerprint density at radius 2 is 1.76 bits per heavy atom.